The number of ether oxygens (including phenoxy) is 2. The van der Waals surface area contributed by atoms with E-state index in [4.69, 9.17) is 9.47 Å². The SMILES string of the molecule is CCOc1cc(C2=NN(Cc3ccc(NC(=O)C(F)(F)C(F)(F)F)cc3)C(=O)CC2)ccc1OC. The number of nitrogens with zero attached hydrogens (tertiary/aromatic N) is 2. The molecule has 1 aliphatic rings. The first kappa shape index (κ1) is 25.9. The molecule has 1 heterocycles. The van der Waals surface area contributed by atoms with Gasteiger partial charge in [0.05, 0.1) is 26.0 Å². The second-order valence-corrected chi connectivity index (χ2v) is 7.52. The molecule has 0 aromatic heterocycles. The van der Waals surface area contributed by atoms with Crippen molar-refractivity contribution >= 4 is 23.2 Å². The number of amides is 2. The molecule has 2 amide bonds. The fourth-order valence-electron chi connectivity index (χ4n) is 3.26. The predicted molar refractivity (Wildman–Crippen MR) is 117 cm³/mol. The molecule has 2 aromatic rings. The van der Waals surface area contributed by atoms with Crippen LogP contribution in [0.5, 0.6) is 11.5 Å². The van der Waals surface area contributed by atoms with Crippen molar-refractivity contribution in [3.8, 4) is 11.5 Å². The Morgan fingerprint density at radius 2 is 1.74 bits per heavy atom. The molecule has 0 aliphatic carbocycles. The molecule has 0 atom stereocenters. The van der Waals surface area contributed by atoms with Gasteiger partial charge in [0.1, 0.15) is 0 Å². The largest absolute Gasteiger partial charge is 0.493 e. The number of benzene rings is 2. The molecule has 0 fully saturated rings. The van der Waals surface area contributed by atoms with Crippen LogP contribution in [0.1, 0.15) is 30.9 Å². The summed E-state index contributed by atoms with van der Waals surface area (Å²) in [5, 5.41) is 7.21. The molecule has 0 saturated heterocycles. The maximum Gasteiger partial charge on any atom is 0.463 e. The van der Waals surface area contributed by atoms with E-state index in [1.54, 1.807) is 23.5 Å². The lowest BCUT2D eigenvalue weighted by molar-refractivity contribution is -0.267. The number of methoxy groups -OCH3 is 1. The Bertz CT molecular complexity index is 1120. The first-order chi connectivity index (χ1) is 16.5. The summed E-state index contributed by atoms with van der Waals surface area (Å²) in [6.45, 7) is 2.30. The number of carbonyl (C=O) groups is 2. The summed E-state index contributed by atoms with van der Waals surface area (Å²) in [7, 11) is 1.52. The highest BCUT2D eigenvalue weighted by atomic mass is 19.4. The standard InChI is InChI=1S/C23H22F5N3O4/c1-3-35-19-12-15(6-10-18(19)34-2)17-9-11-20(32)31(30-17)13-14-4-7-16(8-5-14)29-21(33)22(24,25)23(26,27)28/h4-8,10,12H,3,9,11,13H2,1-2H3,(H,29,33). The van der Waals surface area contributed by atoms with Gasteiger partial charge in [0.15, 0.2) is 11.5 Å². The number of rotatable bonds is 8. The van der Waals surface area contributed by atoms with Crippen LogP contribution in [-0.4, -0.2) is 48.4 Å². The van der Waals surface area contributed by atoms with E-state index in [-0.39, 0.29) is 24.6 Å². The second-order valence-electron chi connectivity index (χ2n) is 7.52. The Hall–Kier alpha value is -3.70. The summed E-state index contributed by atoms with van der Waals surface area (Å²) in [5.41, 5.74) is 1.66. The number of hydrogen-bond acceptors (Lipinski definition) is 5. The van der Waals surface area contributed by atoms with Gasteiger partial charge in [-0.2, -0.15) is 27.1 Å². The third-order valence-electron chi connectivity index (χ3n) is 5.09. The summed E-state index contributed by atoms with van der Waals surface area (Å²) in [5.74, 6) is -7.16. The van der Waals surface area contributed by atoms with Crippen LogP contribution in [0.3, 0.4) is 0 Å². The van der Waals surface area contributed by atoms with Crippen LogP contribution in [0.15, 0.2) is 47.6 Å². The molecule has 3 rings (SSSR count). The van der Waals surface area contributed by atoms with Crippen LogP contribution in [0.2, 0.25) is 0 Å². The minimum atomic E-state index is -6.01. The van der Waals surface area contributed by atoms with Crippen LogP contribution in [0, 0.1) is 0 Å². The van der Waals surface area contributed by atoms with Crippen molar-refractivity contribution in [1.29, 1.82) is 0 Å². The molecule has 12 heteroatoms. The van der Waals surface area contributed by atoms with Crippen molar-refractivity contribution in [1.82, 2.24) is 5.01 Å². The topological polar surface area (TPSA) is 80.2 Å². The first-order valence-corrected chi connectivity index (χ1v) is 10.5. The number of hydrogen-bond donors (Lipinski definition) is 1. The molecule has 35 heavy (non-hydrogen) atoms. The van der Waals surface area contributed by atoms with Crippen LogP contribution in [0.4, 0.5) is 27.6 Å². The predicted octanol–water partition coefficient (Wildman–Crippen LogP) is 4.76. The summed E-state index contributed by atoms with van der Waals surface area (Å²) < 4.78 is 74.1. The summed E-state index contributed by atoms with van der Waals surface area (Å²) >= 11 is 0. The van der Waals surface area contributed by atoms with Gasteiger partial charge < -0.3 is 14.8 Å². The molecule has 0 saturated carbocycles. The highest BCUT2D eigenvalue weighted by Crippen LogP contribution is 2.36. The average molecular weight is 499 g/mol. The molecule has 0 unspecified atom stereocenters. The van der Waals surface area contributed by atoms with Gasteiger partial charge >= 0.3 is 18.0 Å². The lowest BCUT2D eigenvalue weighted by Crippen LogP contribution is -2.47. The first-order valence-electron chi connectivity index (χ1n) is 10.5. The number of hydrazone groups is 1. The Labute approximate surface area is 197 Å². The van der Waals surface area contributed by atoms with E-state index >= 15 is 0 Å². The van der Waals surface area contributed by atoms with Crippen molar-refractivity contribution in [2.75, 3.05) is 19.0 Å². The zero-order chi connectivity index (χ0) is 25.8. The third kappa shape index (κ3) is 5.87. The molecule has 1 N–H and O–H groups in total. The van der Waals surface area contributed by atoms with Crippen molar-refractivity contribution in [3.63, 3.8) is 0 Å². The minimum absolute atomic E-state index is 0.0315. The Morgan fingerprint density at radius 1 is 1.06 bits per heavy atom. The molecular formula is C23H22F5N3O4. The molecule has 188 valence electrons. The Balaban J connectivity index is 1.74. The van der Waals surface area contributed by atoms with E-state index in [0.717, 1.165) is 17.7 Å². The van der Waals surface area contributed by atoms with E-state index < -0.39 is 18.0 Å². The van der Waals surface area contributed by atoms with Gasteiger partial charge in [-0.15, -0.1) is 0 Å². The molecular weight excluding hydrogens is 477 g/mol. The zero-order valence-corrected chi connectivity index (χ0v) is 18.8. The van der Waals surface area contributed by atoms with Gasteiger partial charge in [-0.05, 0) is 42.8 Å². The van der Waals surface area contributed by atoms with E-state index in [1.807, 2.05) is 6.92 Å². The summed E-state index contributed by atoms with van der Waals surface area (Å²) in [6.07, 6.45) is -5.39. The fourth-order valence-corrected chi connectivity index (χ4v) is 3.26. The second kappa shape index (κ2) is 10.3. The molecule has 0 spiro atoms. The zero-order valence-electron chi connectivity index (χ0n) is 18.8. The third-order valence-corrected chi connectivity index (χ3v) is 5.09. The van der Waals surface area contributed by atoms with Crippen molar-refractivity contribution in [2.24, 2.45) is 5.10 Å². The summed E-state index contributed by atoms with van der Waals surface area (Å²) in [6, 6.07) is 10.4. The molecule has 2 aromatic carbocycles. The Kier molecular flexibility index (Phi) is 7.61. The number of anilines is 1. The maximum absolute atomic E-state index is 13.1. The molecule has 0 bridgehead atoms. The van der Waals surface area contributed by atoms with E-state index in [0.29, 0.717) is 35.8 Å². The van der Waals surface area contributed by atoms with Gasteiger partial charge in [0.25, 0.3) is 0 Å². The normalized spacial score (nSPS) is 14.4. The van der Waals surface area contributed by atoms with E-state index in [1.165, 1.54) is 24.3 Å². The minimum Gasteiger partial charge on any atom is -0.493 e. The quantitative estimate of drug-likeness (QED) is 0.532. The monoisotopic (exact) mass is 499 g/mol. The lowest BCUT2D eigenvalue weighted by atomic mass is 10.0. The van der Waals surface area contributed by atoms with Crippen LogP contribution < -0.4 is 14.8 Å². The number of alkyl halides is 5. The lowest BCUT2D eigenvalue weighted by Gasteiger charge is -2.24. The van der Waals surface area contributed by atoms with E-state index in [2.05, 4.69) is 5.10 Å². The average Bonchev–Trinajstić information content (AvgIpc) is 2.81. The highest BCUT2D eigenvalue weighted by Gasteiger charge is 2.63. The number of halogens is 5. The molecule has 1 aliphatic heterocycles. The van der Waals surface area contributed by atoms with Crippen molar-refractivity contribution < 1.29 is 41.0 Å². The molecule has 0 radical (unpaired) electrons. The smallest absolute Gasteiger partial charge is 0.463 e. The Morgan fingerprint density at radius 3 is 2.34 bits per heavy atom. The van der Waals surface area contributed by atoms with Crippen molar-refractivity contribution in [2.45, 2.75) is 38.4 Å². The van der Waals surface area contributed by atoms with Crippen LogP contribution in [-0.2, 0) is 16.1 Å². The van der Waals surface area contributed by atoms with Gasteiger partial charge in [0.2, 0.25) is 5.91 Å². The maximum atomic E-state index is 13.1. The van der Waals surface area contributed by atoms with Gasteiger partial charge in [-0.25, -0.2) is 5.01 Å². The van der Waals surface area contributed by atoms with Gasteiger partial charge in [-0.1, -0.05) is 12.1 Å². The highest BCUT2D eigenvalue weighted by molar-refractivity contribution is 6.04. The number of carbonyl (C=O) groups excluding carboxylic acids is 2. The van der Waals surface area contributed by atoms with Crippen molar-refractivity contribution in [3.05, 3.63) is 53.6 Å². The van der Waals surface area contributed by atoms with Gasteiger partial charge in [-0.3, -0.25) is 9.59 Å². The number of nitrogens with one attached hydrogen (secondary N) is 1. The van der Waals surface area contributed by atoms with Crippen LogP contribution in [0.25, 0.3) is 0 Å². The summed E-state index contributed by atoms with van der Waals surface area (Å²) in [4.78, 5) is 23.7. The van der Waals surface area contributed by atoms with E-state index in [9.17, 15) is 31.5 Å². The van der Waals surface area contributed by atoms with Gasteiger partial charge in [0, 0.05) is 24.1 Å². The fraction of sp³-hybridized carbons (Fsp3) is 0.348. The molecule has 7 nitrogen and oxygen atoms in total. The van der Waals surface area contributed by atoms with Crippen LogP contribution >= 0.6 is 0 Å².